The number of methoxy groups -OCH3 is 3. The second-order valence-corrected chi connectivity index (χ2v) is 9.11. The number of aryl methyl sites for hydroxylation is 1. The molecule has 3 aromatic carbocycles. The van der Waals surface area contributed by atoms with E-state index >= 15 is 0 Å². The van der Waals surface area contributed by atoms with Crippen molar-refractivity contribution < 1.29 is 19.0 Å². The average molecular weight is 483 g/mol. The molecule has 1 heterocycles. The van der Waals surface area contributed by atoms with Gasteiger partial charge in [-0.05, 0) is 73.4 Å². The topological polar surface area (TPSA) is 60.9 Å². The number of para-hydroxylation sites is 1. The summed E-state index contributed by atoms with van der Waals surface area (Å²) in [6.07, 6.45) is 1.99. The van der Waals surface area contributed by atoms with Crippen LogP contribution in [0.5, 0.6) is 17.2 Å². The van der Waals surface area contributed by atoms with Gasteiger partial charge in [0.25, 0.3) is 5.91 Å². The maximum absolute atomic E-state index is 13.7. The van der Waals surface area contributed by atoms with Crippen molar-refractivity contribution in [2.45, 2.75) is 32.4 Å². The highest BCUT2D eigenvalue weighted by atomic mass is 16.5. The minimum atomic E-state index is -0.00991. The Kier molecular flexibility index (Phi) is 6.51. The third-order valence-electron chi connectivity index (χ3n) is 6.69. The highest BCUT2D eigenvalue weighted by Gasteiger charge is 2.34. The van der Waals surface area contributed by atoms with E-state index in [1.165, 1.54) is 0 Å². The molecular weight excluding hydrogens is 452 g/mol. The zero-order valence-electron chi connectivity index (χ0n) is 21.1. The van der Waals surface area contributed by atoms with Crippen LogP contribution in [0.1, 0.15) is 34.3 Å². The van der Waals surface area contributed by atoms with Gasteiger partial charge in [-0.3, -0.25) is 4.79 Å². The molecule has 1 fully saturated rings. The molecule has 0 unspecified atom stereocenters. The van der Waals surface area contributed by atoms with Gasteiger partial charge in [0.1, 0.15) is 17.2 Å². The van der Waals surface area contributed by atoms with Gasteiger partial charge < -0.3 is 19.1 Å². The zero-order chi connectivity index (χ0) is 25.2. The lowest BCUT2D eigenvalue weighted by Crippen LogP contribution is -2.33. The van der Waals surface area contributed by atoms with Gasteiger partial charge in [-0.1, -0.05) is 24.3 Å². The van der Waals surface area contributed by atoms with Crippen molar-refractivity contribution in [2.24, 2.45) is 0 Å². The maximum Gasteiger partial charge on any atom is 0.254 e. The number of ether oxygens (including phenoxy) is 3. The molecule has 1 amide bonds. The van der Waals surface area contributed by atoms with Crippen LogP contribution in [-0.4, -0.2) is 43.2 Å². The van der Waals surface area contributed by atoms with E-state index in [4.69, 9.17) is 19.2 Å². The van der Waals surface area contributed by atoms with Gasteiger partial charge in [0, 0.05) is 29.1 Å². The number of fused-ring (bicyclic) bond motifs is 1. The molecule has 1 aromatic heterocycles. The molecule has 184 valence electrons. The van der Waals surface area contributed by atoms with Crippen molar-refractivity contribution in [3.8, 4) is 28.5 Å². The van der Waals surface area contributed by atoms with Crippen molar-refractivity contribution in [3.63, 3.8) is 0 Å². The number of pyridine rings is 1. The molecular formula is C30H30N2O4. The summed E-state index contributed by atoms with van der Waals surface area (Å²) in [5.74, 6) is 2.08. The molecule has 6 nitrogen and oxygen atoms in total. The Labute approximate surface area is 211 Å². The van der Waals surface area contributed by atoms with Gasteiger partial charge in [-0.2, -0.15) is 0 Å². The van der Waals surface area contributed by atoms with Crippen LogP contribution in [0.25, 0.3) is 22.2 Å². The van der Waals surface area contributed by atoms with Gasteiger partial charge in [0.15, 0.2) is 0 Å². The molecule has 1 saturated carbocycles. The summed E-state index contributed by atoms with van der Waals surface area (Å²) in [5, 5.41) is 1.04. The summed E-state index contributed by atoms with van der Waals surface area (Å²) in [5.41, 5.74) is 5.22. The first-order valence-corrected chi connectivity index (χ1v) is 12.1. The molecule has 0 N–H and O–H groups in total. The second kappa shape index (κ2) is 9.90. The largest absolute Gasteiger partial charge is 0.497 e. The number of amides is 1. The van der Waals surface area contributed by atoms with Crippen LogP contribution in [0.15, 0.2) is 66.7 Å². The van der Waals surface area contributed by atoms with Crippen LogP contribution in [-0.2, 0) is 6.54 Å². The lowest BCUT2D eigenvalue weighted by atomic mass is 10.00. The molecule has 0 saturated heterocycles. The van der Waals surface area contributed by atoms with Gasteiger partial charge in [0.2, 0.25) is 0 Å². The normalized spacial score (nSPS) is 12.9. The first kappa shape index (κ1) is 23.7. The van der Waals surface area contributed by atoms with Crippen molar-refractivity contribution in [1.29, 1.82) is 0 Å². The number of nitrogens with zero attached hydrogens (tertiary/aromatic N) is 2. The molecule has 0 radical (unpaired) electrons. The highest BCUT2D eigenvalue weighted by molar-refractivity contribution is 5.95. The second-order valence-electron chi connectivity index (χ2n) is 9.11. The Morgan fingerprint density at radius 3 is 2.39 bits per heavy atom. The maximum atomic E-state index is 13.7. The van der Waals surface area contributed by atoms with E-state index in [9.17, 15) is 4.79 Å². The van der Waals surface area contributed by atoms with Crippen molar-refractivity contribution >= 4 is 16.8 Å². The third-order valence-corrected chi connectivity index (χ3v) is 6.69. The van der Waals surface area contributed by atoms with Crippen LogP contribution in [0.3, 0.4) is 0 Å². The zero-order valence-corrected chi connectivity index (χ0v) is 21.1. The first-order chi connectivity index (χ1) is 17.5. The SMILES string of the molecule is COc1cccc(C(=O)N(Cc2cc3cccc(C)c3nc2-c2cc(OC)ccc2OC)C2CC2)c1. The molecule has 4 aromatic rings. The van der Waals surface area contributed by atoms with E-state index in [0.29, 0.717) is 23.6 Å². The molecule has 0 spiro atoms. The Hall–Kier alpha value is -4.06. The number of aromatic nitrogens is 1. The Morgan fingerprint density at radius 2 is 1.67 bits per heavy atom. The lowest BCUT2D eigenvalue weighted by Gasteiger charge is -2.25. The van der Waals surface area contributed by atoms with Gasteiger partial charge in [-0.25, -0.2) is 4.98 Å². The summed E-state index contributed by atoms with van der Waals surface area (Å²) >= 11 is 0. The van der Waals surface area contributed by atoms with E-state index < -0.39 is 0 Å². The molecule has 0 aliphatic heterocycles. The monoisotopic (exact) mass is 482 g/mol. The fraction of sp³-hybridized carbons (Fsp3) is 0.267. The number of hydrogen-bond acceptors (Lipinski definition) is 5. The summed E-state index contributed by atoms with van der Waals surface area (Å²) < 4.78 is 16.6. The number of hydrogen-bond donors (Lipinski definition) is 0. The van der Waals surface area contributed by atoms with Gasteiger partial charge in [-0.15, -0.1) is 0 Å². The third kappa shape index (κ3) is 4.59. The number of carbonyl (C=O) groups excluding carboxylic acids is 1. The quantitative estimate of drug-likeness (QED) is 0.306. The van der Waals surface area contributed by atoms with E-state index in [2.05, 4.69) is 25.1 Å². The number of benzene rings is 3. The van der Waals surface area contributed by atoms with Crippen molar-refractivity contribution in [2.75, 3.05) is 21.3 Å². The van der Waals surface area contributed by atoms with Crippen LogP contribution in [0.2, 0.25) is 0 Å². The Morgan fingerprint density at radius 1 is 0.917 bits per heavy atom. The van der Waals surface area contributed by atoms with E-state index in [1.807, 2.05) is 47.4 Å². The minimum absolute atomic E-state index is 0.00991. The molecule has 1 aliphatic carbocycles. The summed E-state index contributed by atoms with van der Waals surface area (Å²) in [6, 6.07) is 21.6. The van der Waals surface area contributed by atoms with Crippen LogP contribution in [0, 0.1) is 6.92 Å². The number of carbonyl (C=O) groups is 1. The van der Waals surface area contributed by atoms with E-state index in [0.717, 1.165) is 51.9 Å². The van der Waals surface area contributed by atoms with Crippen LogP contribution < -0.4 is 14.2 Å². The smallest absolute Gasteiger partial charge is 0.254 e. The molecule has 6 heteroatoms. The highest BCUT2D eigenvalue weighted by Crippen LogP contribution is 2.38. The lowest BCUT2D eigenvalue weighted by molar-refractivity contribution is 0.0730. The average Bonchev–Trinajstić information content (AvgIpc) is 3.76. The van der Waals surface area contributed by atoms with Crippen LogP contribution >= 0.6 is 0 Å². The van der Waals surface area contributed by atoms with Crippen molar-refractivity contribution in [1.82, 2.24) is 9.88 Å². The summed E-state index contributed by atoms with van der Waals surface area (Å²) in [4.78, 5) is 20.8. The number of rotatable bonds is 8. The van der Waals surface area contributed by atoms with E-state index in [-0.39, 0.29) is 11.9 Å². The molecule has 5 rings (SSSR count). The first-order valence-electron chi connectivity index (χ1n) is 12.1. The standard InChI is InChI=1S/C30H30N2O4/c1-19-7-5-8-20-15-22(29(31-28(19)20)26-17-25(35-3)13-14-27(26)36-4)18-32(23-11-12-23)30(33)21-9-6-10-24(16-21)34-2/h5-10,13-17,23H,11-12,18H2,1-4H3. The predicted octanol–water partition coefficient (Wildman–Crippen LogP) is 6.04. The fourth-order valence-corrected chi connectivity index (χ4v) is 4.60. The molecule has 0 atom stereocenters. The Bertz CT molecular complexity index is 1430. The summed E-state index contributed by atoms with van der Waals surface area (Å²) in [7, 11) is 4.91. The molecule has 0 bridgehead atoms. The fourth-order valence-electron chi connectivity index (χ4n) is 4.60. The minimum Gasteiger partial charge on any atom is -0.497 e. The van der Waals surface area contributed by atoms with E-state index in [1.54, 1.807) is 27.4 Å². The van der Waals surface area contributed by atoms with Gasteiger partial charge >= 0.3 is 0 Å². The molecule has 36 heavy (non-hydrogen) atoms. The molecule has 1 aliphatic rings. The van der Waals surface area contributed by atoms with Crippen LogP contribution in [0.4, 0.5) is 0 Å². The van der Waals surface area contributed by atoms with Gasteiger partial charge in [0.05, 0.1) is 32.5 Å². The summed E-state index contributed by atoms with van der Waals surface area (Å²) in [6.45, 7) is 2.50. The van der Waals surface area contributed by atoms with Crippen molar-refractivity contribution in [3.05, 3.63) is 83.4 Å². The predicted molar refractivity (Wildman–Crippen MR) is 141 cm³/mol. The Balaban J connectivity index is 1.64.